The molecule has 0 radical (unpaired) electrons. The molecule has 8 heteroatoms. The van der Waals surface area contributed by atoms with E-state index in [1.165, 1.54) is 6.33 Å². The molecule has 2 aromatic heterocycles. The average molecular weight is 235 g/mol. The Hall–Kier alpha value is -2.51. The van der Waals surface area contributed by atoms with Crippen molar-refractivity contribution >= 4 is 5.97 Å². The second-order valence-electron chi connectivity index (χ2n) is 3.38. The van der Waals surface area contributed by atoms with Gasteiger partial charge in [-0.2, -0.15) is 5.10 Å². The SMILES string of the molecule is Cn1cnnc1Cn1nc(C(=O)O)ccc1=O. The van der Waals surface area contributed by atoms with Gasteiger partial charge in [0.25, 0.3) is 5.56 Å². The summed E-state index contributed by atoms with van der Waals surface area (Å²) >= 11 is 0. The summed E-state index contributed by atoms with van der Waals surface area (Å²) in [7, 11) is 1.72. The van der Waals surface area contributed by atoms with Crippen molar-refractivity contribution in [1.82, 2.24) is 24.5 Å². The van der Waals surface area contributed by atoms with Crippen LogP contribution in [0.2, 0.25) is 0 Å². The molecule has 2 heterocycles. The number of carbonyl (C=O) groups is 1. The van der Waals surface area contributed by atoms with Gasteiger partial charge in [0.2, 0.25) is 0 Å². The molecule has 0 aromatic carbocycles. The van der Waals surface area contributed by atoms with Crippen molar-refractivity contribution in [2.45, 2.75) is 6.54 Å². The third-order valence-electron chi connectivity index (χ3n) is 2.18. The van der Waals surface area contributed by atoms with E-state index in [9.17, 15) is 9.59 Å². The van der Waals surface area contributed by atoms with E-state index in [4.69, 9.17) is 5.11 Å². The average Bonchev–Trinajstić information content (AvgIpc) is 2.67. The fourth-order valence-electron chi connectivity index (χ4n) is 1.26. The van der Waals surface area contributed by atoms with Crippen molar-refractivity contribution in [2.24, 2.45) is 7.05 Å². The number of aromatic carboxylic acids is 1. The first-order valence-electron chi connectivity index (χ1n) is 4.72. The largest absolute Gasteiger partial charge is 0.476 e. The lowest BCUT2D eigenvalue weighted by atomic mass is 10.4. The summed E-state index contributed by atoms with van der Waals surface area (Å²) in [4.78, 5) is 22.2. The minimum atomic E-state index is -1.18. The maximum Gasteiger partial charge on any atom is 0.356 e. The molecule has 0 atom stereocenters. The molecule has 0 fully saturated rings. The molecular formula is C9H9N5O3. The number of nitrogens with zero attached hydrogens (tertiary/aromatic N) is 5. The van der Waals surface area contributed by atoms with Crippen LogP contribution in [0.4, 0.5) is 0 Å². The fraction of sp³-hybridized carbons (Fsp3) is 0.222. The Morgan fingerprint density at radius 2 is 2.24 bits per heavy atom. The Balaban J connectivity index is 2.39. The fourth-order valence-corrected chi connectivity index (χ4v) is 1.26. The molecule has 2 aromatic rings. The van der Waals surface area contributed by atoms with E-state index < -0.39 is 11.5 Å². The van der Waals surface area contributed by atoms with Gasteiger partial charge >= 0.3 is 5.97 Å². The van der Waals surface area contributed by atoms with Crippen LogP contribution >= 0.6 is 0 Å². The second-order valence-corrected chi connectivity index (χ2v) is 3.38. The van der Waals surface area contributed by atoms with Crippen molar-refractivity contribution in [3.63, 3.8) is 0 Å². The van der Waals surface area contributed by atoms with Crippen molar-refractivity contribution in [1.29, 1.82) is 0 Å². The highest BCUT2D eigenvalue weighted by atomic mass is 16.4. The lowest BCUT2D eigenvalue weighted by molar-refractivity contribution is 0.0687. The molecular weight excluding hydrogens is 226 g/mol. The van der Waals surface area contributed by atoms with Gasteiger partial charge in [-0.15, -0.1) is 10.2 Å². The molecule has 17 heavy (non-hydrogen) atoms. The van der Waals surface area contributed by atoms with E-state index in [0.29, 0.717) is 5.82 Å². The first-order valence-corrected chi connectivity index (χ1v) is 4.72. The topological polar surface area (TPSA) is 103 Å². The molecule has 0 amide bonds. The summed E-state index contributed by atoms with van der Waals surface area (Å²) in [6.07, 6.45) is 1.49. The first kappa shape index (κ1) is 11.0. The molecule has 0 bridgehead atoms. The van der Waals surface area contributed by atoms with Gasteiger partial charge in [0.15, 0.2) is 11.5 Å². The molecule has 0 aliphatic carbocycles. The molecule has 0 aliphatic heterocycles. The highest BCUT2D eigenvalue weighted by Gasteiger charge is 2.09. The van der Waals surface area contributed by atoms with Gasteiger partial charge in [-0.05, 0) is 6.07 Å². The van der Waals surface area contributed by atoms with Crippen LogP contribution in [-0.2, 0) is 13.6 Å². The predicted molar refractivity (Wildman–Crippen MR) is 55.6 cm³/mol. The van der Waals surface area contributed by atoms with Gasteiger partial charge < -0.3 is 9.67 Å². The third kappa shape index (κ3) is 2.19. The second kappa shape index (κ2) is 4.16. The van der Waals surface area contributed by atoms with Gasteiger partial charge in [0.1, 0.15) is 12.9 Å². The lowest BCUT2D eigenvalue weighted by Gasteiger charge is -2.04. The Morgan fingerprint density at radius 3 is 2.82 bits per heavy atom. The molecule has 0 saturated carbocycles. The number of hydrogen-bond donors (Lipinski definition) is 1. The zero-order chi connectivity index (χ0) is 12.4. The summed E-state index contributed by atoms with van der Waals surface area (Å²) in [5.41, 5.74) is -0.579. The summed E-state index contributed by atoms with van der Waals surface area (Å²) in [6, 6.07) is 2.32. The quantitative estimate of drug-likeness (QED) is 0.740. The van der Waals surface area contributed by atoms with Crippen LogP contribution in [-0.4, -0.2) is 35.6 Å². The Morgan fingerprint density at radius 1 is 1.47 bits per heavy atom. The van der Waals surface area contributed by atoms with Crippen LogP contribution in [0.3, 0.4) is 0 Å². The molecule has 0 spiro atoms. The van der Waals surface area contributed by atoms with Gasteiger partial charge in [0.05, 0.1) is 0 Å². The third-order valence-corrected chi connectivity index (χ3v) is 2.18. The first-order chi connectivity index (χ1) is 8.08. The number of aryl methyl sites for hydroxylation is 1. The number of aromatic nitrogens is 5. The zero-order valence-electron chi connectivity index (χ0n) is 8.94. The standard InChI is InChI=1S/C9H9N5O3/c1-13-5-10-11-7(13)4-14-8(15)3-2-6(12-14)9(16)17/h2-3,5H,4H2,1H3,(H,16,17). The molecule has 0 aliphatic rings. The highest BCUT2D eigenvalue weighted by molar-refractivity contribution is 5.84. The molecule has 88 valence electrons. The van der Waals surface area contributed by atoms with Gasteiger partial charge in [0, 0.05) is 13.1 Å². The number of hydrogen-bond acceptors (Lipinski definition) is 5. The number of rotatable bonds is 3. The van der Waals surface area contributed by atoms with Crippen LogP contribution in [0, 0.1) is 0 Å². The highest BCUT2D eigenvalue weighted by Crippen LogP contribution is 1.95. The maximum absolute atomic E-state index is 11.5. The van der Waals surface area contributed by atoms with E-state index >= 15 is 0 Å². The van der Waals surface area contributed by atoms with Crippen LogP contribution in [0.15, 0.2) is 23.3 Å². The Labute approximate surface area is 95.1 Å². The molecule has 0 unspecified atom stereocenters. The van der Waals surface area contributed by atoms with Crippen molar-refractivity contribution in [3.05, 3.63) is 40.3 Å². The van der Waals surface area contributed by atoms with Crippen LogP contribution < -0.4 is 5.56 Å². The summed E-state index contributed by atoms with van der Waals surface area (Å²) < 4.78 is 2.66. The van der Waals surface area contributed by atoms with Crippen LogP contribution in [0.1, 0.15) is 16.3 Å². The molecule has 8 nitrogen and oxygen atoms in total. The summed E-state index contributed by atoms with van der Waals surface area (Å²) in [6.45, 7) is 0.0798. The van der Waals surface area contributed by atoms with Gasteiger partial charge in [-0.1, -0.05) is 0 Å². The number of carboxylic acids is 1. The number of carboxylic acid groups (broad SMARTS) is 1. The van der Waals surface area contributed by atoms with Crippen LogP contribution in [0.25, 0.3) is 0 Å². The minimum absolute atomic E-state index is 0.0798. The van der Waals surface area contributed by atoms with Crippen molar-refractivity contribution in [2.75, 3.05) is 0 Å². The van der Waals surface area contributed by atoms with E-state index in [1.807, 2.05) is 0 Å². The van der Waals surface area contributed by atoms with E-state index in [1.54, 1.807) is 11.6 Å². The maximum atomic E-state index is 11.5. The Bertz CT molecular complexity index is 615. The lowest BCUT2D eigenvalue weighted by Crippen LogP contribution is -2.26. The Kier molecular flexibility index (Phi) is 2.69. The summed E-state index contributed by atoms with van der Waals surface area (Å²) in [5, 5.41) is 19.9. The molecule has 1 N–H and O–H groups in total. The smallest absolute Gasteiger partial charge is 0.356 e. The molecule has 0 saturated heterocycles. The van der Waals surface area contributed by atoms with Gasteiger partial charge in [-0.3, -0.25) is 4.79 Å². The predicted octanol–water partition coefficient (Wildman–Crippen LogP) is -0.882. The van der Waals surface area contributed by atoms with Gasteiger partial charge in [-0.25, -0.2) is 9.48 Å². The van der Waals surface area contributed by atoms with E-state index in [-0.39, 0.29) is 12.2 Å². The van der Waals surface area contributed by atoms with Crippen molar-refractivity contribution < 1.29 is 9.90 Å². The van der Waals surface area contributed by atoms with Crippen molar-refractivity contribution in [3.8, 4) is 0 Å². The molecule has 2 rings (SSSR count). The summed E-state index contributed by atoms with van der Waals surface area (Å²) in [5.74, 6) is -0.668. The normalized spacial score (nSPS) is 10.4. The zero-order valence-corrected chi connectivity index (χ0v) is 8.94. The van der Waals surface area contributed by atoms with E-state index in [0.717, 1.165) is 16.8 Å². The minimum Gasteiger partial charge on any atom is -0.476 e. The monoisotopic (exact) mass is 235 g/mol. The van der Waals surface area contributed by atoms with E-state index in [2.05, 4.69) is 15.3 Å². The van der Waals surface area contributed by atoms with Crippen LogP contribution in [0.5, 0.6) is 0 Å².